The van der Waals surface area contributed by atoms with Crippen LogP contribution < -0.4 is 10.1 Å². The van der Waals surface area contributed by atoms with Gasteiger partial charge in [-0.15, -0.1) is 0 Å². The first-order valence-corrected chi connectivity index (χ1v) is 11.5. The van der Waals surface area contributed by atoms with Crippen molar-refractivity contribution in [2.45, 2.75) is 45.4 Å². The molecule has 0 radical (unpaired) electrons. The summed E-state index contributed by atoms with van der Waals surface area (Å²) in [7, 11) is 0. The van der Waals surface area contributed by atoms with Crippen LogP contribution in [-0.4, -0.2) is 19.1 Å². The fourth-order valence-electron chi connectivity index (χ4n) is 4.42. The normalized spacial score (nSPS) is 18.2. The molecular weight excluding hydrogens is 400 g/mol. The molecule has 4 rings (SSSR count). The topological polar surface area (TPSA) is 75.3 Å². The van der Waals surface area contributed by atoms with E-state index in [1.54, 1.807) is 13.0 Å². The number of ether oxygens (including phenoxy) is 1. The van der Waals surface area contributed by atoms with Gasteiger partial charge in [0.25, 0.3) is 0 Å². The molecule has 1 amide bonds. The molecule has 0 unspecified atom stereocenters. The fraction of sp³-hybridized carbons (Fsp3) is 0.407. The maximum absolute atomic E-state index is 11.1. The van der Waals surface area contributed by atoms with E-state index < -0.39 is 0 Å². The second kappa shape index (κ2) is 10.4. The average Bonchev–Trinajstić information content (AvgIpc) is 3.23. The molecule has 0 bridgehead atoms. The Labute approximate surface area is 189 Å². The first kappa shape index (κ1) is 22.0. The van der Waals surface area contributed by atoms with E-state index in [0.29, 0.717) is 17.4 Å². The Morgan fingerprint density at radius 3 is 2.53 bits per heavy atom. The van der Waals surface area contributed by atoms with Crippen LogP contribution in [0.4, 0.5) is 0 Å². The molecule has 0 atom stereocenters. The number of carbonyl (C=O) groups is 1. The first-order chi connectivity index (χ1) is 15.6. The van der Waals surface area contributed by atoms with Gasteiger partial charge in [-0.25, -0.2) is 0 Å². The zero-order valence-electron chi connectivity index (χ0n) is 18.6. The molecule has 166 valence electrons. The third-order valence-corrected chi connectivity index (χ3v) is 6.37. The average molecular weight is 431 g/mol. The zero-order valence-corrected chi connectivity index (χ0v) is 18.6. The number of benzene rings is 2. The fourth-order valence-corrected chi connectivity index (χ4v) is 4.42. The largest absolute Gasteiger partial charge is 0.493 e. The molecule has 1 fully saturated rings. The molecular formula is C27H30N2O3. The van der Waals surface area contributed by atoms with Gasteiger partial charge in [0.15, 0.2) is 0 Å². The second-order valence-corrected chi connectivity index (χ2v) is 8.86. The summed E-state index contributed by atoms with van der Waals surface area (Å²) in [4.78, 5) is 11.1. The number of rotatable bonds is 8. The number of hydrogen-bond donors (Lipinski definition) is 1. The van der Waals surface area contributed by atoms with E-state index in [1.165, 1.54) is 5.56 Å². The summed E-state index contributed by atoms with van der Waals surface area (Å²) in [5, 5.41) is 12.9. The van der Waals surface area contributed by atoms with Crippen molar-refractivity contribution in [2.24, 2.45) is 11.8 Å². The second-order valence-electron chi connectivity index (χ2n) is 8.86. The maximum Gasteiger partial charge on any atom is 0.216 e. The standard InChI is InChI=1S/C27H30N2O3/c1-19(30)29-17-21-2-4-22(5-3-21)18-31-25-10-6-20(7-11-25)8-12-26-15-24-14-23(16-28)9-13-27(24)32-26/h6-7,9-11,13-15,21-22H,2-5,8,12,17-18H2,1H3,(H,29,30). The molecule has 5 nitrogen and oxygen atoms in total. The quantitative estimate of drug-likeness (QED) is 0.518. The van der Waals surface area contributed by atoms with Crippen molar-refractivity contribution in [2.75, 3.05) is 13.2 Å². The molecule has 32 heavy (non-hydrogen) atoms. The van der Waals surface area contributed by atoms with Crippen LogP contribution in [0.2, 0.25) is 0 Å². The summed E-state index contributed by atoms with van der Waals surface area (Å²) in [6.45, 7) is 3.14. The molecule has 1 N–H and O–H groups in total. The van der Waals surface area contributed by atoms with E-state index in [1.807, 2.05) is 18.2 Å². The van der Waals surface area contributed by atoms with E-state index in [2.05, 4.69) is 35.7 Å². The Bertz CT molecular complexity index is 1090. The van der Waals surface area contributed by atoms with Crippen LogP contribution in [0.5, 0.6) is 5.75 Å². The van der Waals surface area contributed by atoms with Crippen LogP contribution in [0.1, 0.15) is 49.5 Å². The summed E-state index contributed by atoms with van der Waals surface area (Å²) < 4.78 is 11.9. The van der Waals surface area contributed by atoms with Gasteiger partial charge in [0, 0.05) is 25.3 Å². The molecule has 2 aromatic carbocycles. The monoisotopic (exact) mass is 430 g/mol. The molecule has 1 heterocycles. The Morgan fingerprint density at radius 2 is 1.81 bits per heavy atom. The lowest BCUT2D eigenvalue weighted by Gasteiger charge is -2.28. The molecule has 1 aliphatic rings. The van der Waals surface area contributed by atoms with Gasteiger partial charge < -0.3 is 14.5 Å². The van der Waals surface area contributed by atoms with E-state index in [0.717, 1.165) is 74.2 Å². The minimum atomic E-state index is 0.0608. The molecule has 1 aliphatic carbocycles. The molecule has 0 spiro atoms. The van der Waals surface area contributed by atoms with E-state index in [4.69, 9.17) is 14.4 Å². The lowest BCUT2D eigenvalue weighted by Crippen LogP contribution is -2.30. The van der Waals surface area contributed by atoms with Gasteiger partial charge in [0.05, 0.1) is 18.2 Å². The Kier molecular flexibility index (Phi) is 7.11. The molecule has 0 aliphatic heterocycles. The number of fused-ring (bicyclic) bond motifs is 1. The van der Waals surface area contributed by atoms with Crippen molar-refractivity contribution in [3.8, 4) is 11.8 Å². The van der Waals surface area contributed by atoms with Gasteiger partial charge >= 0.3 is 0 Å². The highest BCUT2D eigenvalue weighted by Gasteiger charge is 2.21. The Balaban J connectivity index is 1.21. The van der Waals surface area contributed by atoms with Crippen LogP contribution in [0.3, 0.4) is 0 Å². The summed E-state index contributed by atoms with van der Waals surface area (Å²) in [6, 6.07) is 18.0. The number of aryl methyl sites for hydroxylation is 2. The van der Waals surface area contributed by atoms with E-state index in [-0.39, 0.29) is 5.91 Å². The van der Waals surface area contributed by atoms with Crippen LogP contribution in [0, 0.1) is 23.2 Å². The third-order valence-electron chi connectivity index (χ3n) is 6.37. The van der Waals surface area contributed by atoms with Crippen LogP contribution in [0.25, 0.3) is 11.0 Å². The number of amides is 1. The number of nitrogens with zero attached hydrogens (tertiary/aromatic N) is 1. The van der Waals surface area contributed by atoms with Crippen molar-refractivity contribution in [3.05, 3.63) is 65.4 Å². The summed E-state index contributed by atoms with van der Waals surface area (Å²) >= 11 is 0. The number of carbonyl (C=O) groups excluding carboxylic acids is 1. The summed E-state index contributed by atoms with van der Waals surface area (Å²) in [5.41, 5.74) is 2.72. The smallest absolute Gasteiger partial charge is 0.216 e. The highest BCUT2D eigenvalue weighted by Crippen LogP contribution is 2.29. The van der Waals surface area contributed by atoms with Crippen molar-refractivity contribution >= 4 is 16.9 Å². The van der Waals surface area contributed by atoms with Crippen LogP contribution in [0.15, 0.2) is 52.9 Å². The van der Waals surface area contributed by atoms with Crippen molar-refractivity contribution in [1.82, 2.24) is 5.32 Å². The minimum Gasteiger partial charge on any atom is -0.493 e. The highest BCUT2D eigenvalue weighted by molar-refractivity contribution is 5.79. The third kappa shape index (κ3) is 5.91. The van der Waals surface area contributed by atoms with Gasteiger partial charge in [-0.2, -0.15) is 5.26 Å². The van der Waals surface area contributed by atoms with Crippen molar-refractivity contribution < 1.29 is 13.9 Å². The number of hydrogen-bond acceptors (Lipinski definition) is 4. The van der Waals surface area contributed by atoms with E-state index >= 15 is 0 Å². The lowest BCUT2D eigenvalue weighted by atomic mass is 9.82. The van der Waals surface area contributed by atoms with Gasteiger partial charge in [0.2, 0.25) is 5.91 Å². The predicted octanol–water partition coefficient (Wildman–Crippen LogP) is 5.41. The predicted molar refractivity (Wildman–Crippen MR) is 124 cm³/mol. The molecule has 3 aromatic rings. The SMILES string of the molecule is CC(=O)NCC1CCC(COc2ccc(CCc3cc4cc(C#N)ccc4o3)cc2)CC1. The lowest BCUT2D eigenvalue weighted by molar-refractivity contribution is -0.119. The molecule has 1 saturated carbocycles. The number of furan rings is 1. The van der Waals surface area contributed by atoms with Gasteiger partial charge in [-0.05, 0) is 85.9 Å². The van der Waals surface area contributed by atoms with Gasteiger partial charge in [-0.3, -0.25) is 4.79 Å². The highest BCUT2D eigenvalue weighted by atomic mass is 16.5. The van der Waals surface area contributed by atoms with Crippen molar-refractivity contribution in [3.63, 3.8) is 0 Å². The zero-order chi connectivity index (χ0) is 22.3. The van der Waals surface area contributed by atoms with Gasteiger partial charge in [0.1, 0.15) is 17.1 Å². The molecule has 1 aromatic heterocycles. The summed E-state index contributed by atoms with van der Waals surface area (Å²) in [6.07, 6.45) is 6.35. The Hall–Kier alpha value is -3.26. The first-order valence-electron chi connectivity index (χ1n) is 11.5. The Morgan fingerprint density at radius 1 is 1.06 bits per heavy atom. The minimum absolute atomic E-state index is 0.0608. The molecule has 5 heteroatoms. The van der Waals surface area contributed by atoms with Crippen LogP contribution >= 0.6 is 0 Å². The van der Waals surface area contributed by atoms with Crippen molar-refractivity contribution in [1.29, 1.82) is 5.26 Å². The van der Waals surface area contributed by atoms with E-state index in [9.17, 15) is 4.79 Å². The summed E-state index contributed by atoms with van der Waals surface area (Å²) in [5.74, 6) is 3.12. The number of nitrogens with one attached hydrogen (secondary N) is 1. The van der Waals surface area contributed by atoms with Crippen LogP contribution in [-0.2, 0) is 17.6 Å². The number of nitriles is 1. The molecule has 0 saturated heterocycles. The maximum atomic E-state index is 11.1. The van der Waals surface area contributed by atoms with Gasteiger partial charge in [-0.1, -0.05) is 12.1 Å².